The number of hydrogen-bond acceptors (Lipinski definition) is 2. The molecule has 0 aliphatic heterocycles. The summed E-state index contributed by atoms with van der Waals surface area (Å²) in [6, 6.07) is 13.5. The van der Waals surface area contributed by atoms with Crippen LogP contribution in [0.5, 0.6) is 0 Å². The van der Waals surface area contributed by atoms with E-state index >= 15 is 0 Å². The predicted molar refractivity (Wildman–Crippen MR) is 77.3 cm³/mol. The number of aryl methyl sites for hydroxylation is 1. The van der Waals surface area contributed by atoms with E-state index in [0.717, 1.165) is 12.8 Å². The zero-order valence-corrected chi connectivity index (χ0v) is 11.2. The van der Waals surface area contributed by atoms with E-state index in [9.17, 15) is 4.79 Å². The van der Waals surface area contributed by atoms with Gasteiger partial charge in [0.2, 0.25) is 5.91 Å². The molecule has 4 heteroatoms. The molecule has 0 unspecified atom stereocenters. The van der Waals surface area contributed by atoms with E-state index in [2.05, 4.69) is 22.4 Å². The topological polar surface area (TPSA) is 42.0 Å². The molecule has 0 saturated heterocycles. The second-order valence-electron chi connectivity index (χ2n) is 4.25. The van der Waals surface area contributed by atoms with Gasteiger partial charge in [-0.3, -0.25) is 4.79 Å². The van der Waals surface area contributed by atoms with Gasteiger partial charge in [0.25, 0.3) is 0 Å². The van der Waals surface area contributed by atoms with Gasteiger partial charge in [0, 0.05) is 18.3 Å². The molecule has 0 bridgehead atoms. The fraction of sp³-hybridized carbons (Fsp3) is 0.200. The van der Waals surface area contributed by atoms with Crippen molar-refractivity contribution in [2.24, 2.45) is 0 Å². The predicted octanol–water partition coefficient (Wildman–Crippen LogP) is 3.70. The van der Waals surface area contributed by atoms with Gasteiger partial charge in [-0.2, -0.15) is 0 Å². The summed E-state index contributed by atoms with van der Waals surface area (Å²) in [7, 11) is 0. The third kappa shape index (κ3) is 4.72. The maximum Gasteiger partial charge on any atom is 0.224 e. The lowest BCUT2D eigenvalue weighted by Gasteiger charge is -2.05. The number of pyridine rings is 1. The molecule has 1 aromatic heterocycles. The van der Waals surface area contributed by atoms with Crippen molar-refractivity contribution in [3.63, 3.8) is 0 Å². The maximum atomic E-state index is 11.7. The number of hydrogen-bond donors (Lipinski definition) is 1. The van der Waals surface area contributed by atoms with Crippen LogP contribution in [0.1, 0.15) is 18.4 Å². The van der Waals surface area contributed by atoms with Crippen LogP contribution in [0.2, 0.25) is 5.15 Å². The molecule has 3 nitrogen and oxygen atoms in total. The lowest BCUT2D eigenvalue weighted by molar-refractivity contribution is -0.116. The number of anilines is 1. The first kappa shape index (κ1) is 13.6. The van der Waals surface area contributed by atoms with Crippen LogP contribution in [-0.4, -0.2) is 10.9 Å². The smallest absolute Gasteiger partial charge is 0.224 e. The Kier molecular flexibility index (Phi) is 4.93. The number of benzene rings is 1. The Hall–Kier alpha value is -1.87. The van der Waals surface area contributed by atoms with Gasteiger partial charge < -0.3 is 5.32 Å². The molecule has 2 rings (SSSR count). The maximum absolute atomic E-state index is 11.7. The van der Waals surface area contributed by atoms with Crippen LogP contribution in [0.3, 0.4) is 0 Å². The van der Waals surface area contributed by atoms with E-state index in [0.29, 0.717) is 17.3 Å². The third-order valence-corrected chi connectivity index (χ3v) is 2.93. The Morgan fingerprint density at radius 2 is 2.00 bits per heavy atom. The van der Waals surface area contributed by atoms with Crippen molar-refractivity contribution in [3.05, 3.63) is 59.4 Å². The van der Waals surface area contributed by atoms with E-state index < -0.39 is 0 Å². The number of aromatic nitrogens is 1. The zero-order valence-electron chi connectivity index (χ0n) is 10.5. The zero-order chi connectivity index (χ0) is 13.5. The molecular formula is C15H15ClN2O. The monoisotopic (exact) mass is 274 g/mol. The molecule has 1 aromatic carbocycles. The van der Waals surface area contributed by atoms with Gasteiger partial charge in [0.1, 0.15) is 5.15 Å². The number of carbonyl (C=O) groups is 1. The molecule has 98 valence electrons. The van der Waals surface area contributed by atoms with Crippen LogP contribution in [-0.2, 0) is 11.2 Å². The minimum Gasteiger partial charge on any atom is -0.326 e. The molecule has 0 saturated carbocycles. The number of rotatable bonds is 5. The lowest BCUT2D eigenvalue weighted by Crippen LogP contribution is -2.11. The molecule has 0 fully saturated rings. The normalized spacial score (nSPS) is 10.2. The second kappa shape index (κ2) is 6.90. The quantitative estimate of drug-likeness (QED) is 0.845. The second-order valence-corrected chi connectivity index (χ2v) is 4.64. The fourth-order valence-corrected chi connectivity index (χ4v) is 1.98. The van der Waals surface area contributed by atoms with Gasteiger partial charge >= 0.3 is 0 Å². The first-order valence-electron chi connectivity index (χ1n) is 6.19. The number of halogens is 1. The van der Waals surface area contributed by atoms with Crippen LogP contribution < -0.4 is 5.32 Å². The van der Waals surface area contributed by atoms with Gasteiger partial charge in [-0.15, -0.1) is 0 Å². The van der Waals surface area contributed by atoms with Crippen molar-refractivity contribution in [3.8, 4) is 0 Å². The highest BCUT2D eigenvalue weighted by Crippen LogP contribution is 2.12. The Morgan fingerprint density at radius 1 is 1.21 bits per heavy atom. The van der Waals surface area contributed by atoms with Crippen LogP contribution in [0.25, 0.3) is 0 Å². The summed E-state index contributed by atoms with van der Waals surface area (Å²) in [5.41, 5.74) is 1.94. The van der Waals surface area contributed by atoms with Crippen molar-refractivity contribution in [1.29, 1.82) is 0 Å². The Labute approximate surface area is 117 Å². The highest BCUT2D eigenvalue weighted by atomic mass is 35.5. The van der Waals surface area contributed by atoms with Crippen molar-refractivity contribution in [2.75, 3.05) is 5.32 Å². The Bertz CT molecular complexity index is 543. The first-order valence-corrected chi connectivity index (χ1v) is 6.57. The summed E-state index contributed by atoms with van der Waals surface area (Å²) < 4.78 is 0. The van der Waals surface area contributed by atoms with Crippen LogP contribution in [0.4, 0.5) is 5.69 Å². The average molecular weight is 275 g/mol. The minimum absolute atomic E-state index is 0.00167. The molecule has 19 heavy (non-hydrogen) atoms. The summed E-state index contributed by atoms with van der Waals surface area (Å²) >= 11 is 5.75. The summed E-state index contributed by atoms with van der Waals surface area (Å²) in [6.07, 6.45) is 3.80. The van der Waals surface area contributed by atoms with Crippen LogP contribution in [0, 0.1) is 0 Å². The highest BCUT2D eigenvalue weighted by Gasteiger charge is 2.03. The molecule has 0 spiro atoms. The Balaban J connectivity index is 1.76. The summed E-state index contributed by atoms with van der Waals surface area (Å²) in [6.45, 7) is 0. The van der Waals surface area contributed by atoms with Crippen LogP contribution >= 0.6 is 11.6 Å². The fourth-order valence-electron chi connectivity index (χ4n) is 1.80. The molecule has 0 aliphatic carbocycles. The van der Waals surface area contributed by atoms with Gasteiger partial charge in [-0.25, -0.2) is 4.98 Å². The standard InChI is InChI=1S/C15H15ClN2O/c16-14-11-13(9-10-17-14)18-15(19)8-4-7-12-5-2-1-3-6-12/h1-3,5-6,9-11H,4,7-8H2,(H,17,18,19). The Morgan fingerprint density at radius 3 is 2.74 bits per heavy atom. The minimum atomic E-state index is -0.00167. The van der Waals surface area contributed by atoms with Gasteiger partial charge in [0.15, 0.2) is 0 Å². The molecule has 1 amide bonds. The average Bonchev–Trinajstić information content (AvgIpc) is 2.40. The molecule has 2 aromatic rings. The number of amides is 1. The van der Waals surface area contributed by atoms with E-state index in [4.69, 9.17) is 11.6 Å². The SMILES string of the molecule is O=C(CCCc1ccccc1)Nc1ccnc(Cl)c1. The molecule has 0 atom stereocenters. The molecule has 0 radical (unpaired) electrons. The summed E-state index contributed by atoms with van der Waals surface area (Å²) in [5.74, 6) is -0.00167. The van der Waals surface area contributed by atoms with Crippen molar-refractivity contribution < 1.29 is 4.79 Å². The summed E-state index contributed by atoms with van der Waals surface area (Å²) in [5, 5.41) is 3.18. The van der Waals surface area contributed by atoms with Crippen molar-refractivity contribution in [1.82, 2.24) is 4.98 Å². The number of nitrogens with zero attached hydrogens (tertiary/aromatic N) is 1. The van der Waals surface area contributed by atoms with Gasteiger partial charge in [0.05, 0.1) is 0 Å². The van der Waals surface area contributed by atoms with E-state index in [1.165, 1.54) is 5.56 Å². The summed E-state index contributed by atoms with van der Waals surface area (Å²) in [4.78, 5) is 15.6. The number of carbonyl (C=O) groups excluding carboxylic acids is 1. The van der Waals surface area contributed by atoms with Gasteiger partial charge in [-0.1, -0.05) is 41.9 Å². The molecule has 0 aliphatic rings. The van der Waals surface area contributed by atoms with E-state index in [1.54, 1.807) is 18.3 Å². The van der Waals surface area contributed by atoms with Gasteiger partial charge in [-0.05, 0) is 30.5 Å². The van der Waals surface area contributed by atoms with E-state index in [-0.39, 0.29) is 5.91 Å². The van der Waals surface area contributed by atoms with Crippen LogP contribution in [0.15, 0.2) is 48.7 Å². The molecular weight excluding hydrogens is 260 g/mol. The largest absolute Gasteiger partial charge is 0.326 e. The third-order valence-electron chi connectivity index (χ3n) is 2.72. The molecule has 1 N–H and O–H groups in total. The van der Waals surface area contributed by atoms with E-state index in [1.807, 2.05) is 18.2 Å². The highest BCUT2D eigenvalue weighted by molar-refractivity contribution is 6.29. The van der Waals surface area contributed by atoms with Crippen molar-refractivity contribution >= 4 is 23.2 Å². The first-order chi connectivity index (χ1) is 9.24. The molecule has 1 heterocycles. The number of nitrogens with one attached hydrogen (secondary N) is 1. The van der Waals surface area contributed by atoms with Crippen molar-refractivity contribution in [2.45, 2.75) is 19.3 Å². The lowest BCUT2D eigenvalue weighted by atomic mass is 10.1.